The molecule has 3 nitrogen and oxygen atoms in total. The number of carbonyl (C=O) groups is 1. The second-order valence-corrected chi connectivity index (χ2v) is 5.73. The van der Waals surface area contributed by atoms with Crippen LogP contribution in [0.2, 0.25) is 0 Å². The minimum Gasteiger partial charge on any atom is -0.389 e. The molecule has 0 radical (unpaired) electrons. The summed E-state index contributed by atoms with van der Waals surface area (Å²) in [6.07, 6.45) is -0.0596. The number of thiocarbonyl (C=S) groups is 1. The third kappa shape index (κ3) is 4.09. The van der Waals surface area contributed by atoms with Gasteiger partial charge in [-0.1, -0.05) is 46.3 Å². The van der Waals surface area contributed by atoms with Crippen molar-refractivity contribution >= 4 is 44.7 Å². The van der Waals surface area contributed by atoms with Gasteiger partial charge in [0.05, 0.1) is 12.1 Å². The first-order valence-corrected chi connectivity index (χ1v) is 7.30. The Morgan fingerprint density at radius 2 is 2.00 bits per heavy atom. The maximum absolute atomic E-state index is 13.5. The molecule has 0 aliphatic carbocycles. The fourth-order valence-electron chi connectivity index (χ4n) is 1.84. The van der Waals surface area contributed by atoms with Gasteiger partial charge in [-0.15, -0.1) is 0 Å². The summed E-state index contributed by atoms with van der Waals surface area (Å²) in [6.45, 7) is 0. The fraction of sp³-hybridized carbons (Fsp3) is 0.0667. The molecule has 108 valence electrons. The Morgan fingerprint density at radius 3 is 2.67 bits per heavy atom. The minimum absolute atomic E-state index is 0.0596. The average molecular weight is 367 g/mol. The van der Waals surface area contributed by atoms with E-state index in [1.54, 1.807) is 36.4 Å². The topological polar surface area (TPSA) is 55.1 Å². The molecule has 0 saturated carbocycles. The highest BCUT2D eigenvalue weighted by Crippen LogP contribution is 2.22. The number of rotatable bonds is 4. The van der Waals surface area contributed by atoms with Crippen molar-refractivity contribution in [3.05, 3.63) is 63.9 Å². The predicted molar refractivity (Wildman–Crippen MR) is 88.8 cm³/mol. The van der Waals surface area contributed by atoms with Crippen molar-refractivity contribution in [2.75, 3.05) is 5.32 Å². The third-order valence-electron chi connectivity index (χ3n) is 2.83. The number of nitrogens with one attached hydrogen (secondary N) is 1. The van der Waals surface area contributed by atoms with Crippen molar-refractivity contribution in [2.45, 2.75) is 6.42 Å². The van der Waals surface area contributed by atoms with Gasteiger partial charge in [0.25, 0.3) is 0 Å². The van der Waals surface area contributed by atoms with Crippen LogP contribution in [0.3, 0.4) is 0 Å². The van der Waals surface area contributed by atoms with Crippen molar-refractivity contribution in [1.29, 1.82) is 0 Å². The molecule has 0 spiro atoms. The molecule has 0 aliphatic rings. The number of carbonyl (C=O) groups excluding carboxylic acids is 1. The summed E-state index contributed by atoms with van der Waals surface area (Å²) in [7, 11) is 0. The van der Waals surface area contributed by atoms with E-state index < -0.39 is 5.82 Å². The van der Waals surface area contributed by atoms with E-state index in [4.69, 9.17) is 18.0 Å². The summed E-state index contributed by atoms with van der Waals surface area (Å²) in [5.74, 6) is -0.743. The van der Waals surface area contributed by atoms with E-state index in [-0.39, 0.29) is 17.3 Å². The van der Waals surface area contributed by atoms with E-state index in [1.807, 2.05) is 0 Å². The lowest BCUT2D eigenvalue weighted by molar-refractivity contribution is -0.115. The van der Waals surface area contributed by atoms with Crippen LogP contribution in [-0.2, 0) is 11.2 Å². The summed E-state index contributed by atoms with van der Waals surface area (Å²) in [4.78, 5) is 12.2. The highest BCUT2D eigenvalue weighted by atomic mass is 79.9. The lowest BCUT2D eigenvalue weighted by atomic mass is 10.1. The molecular formula is C15H12BrFN2OS. The number of hydrogen-bond acceptors (Lipinski definition) is 2. The van der Waals surface area contributed by atoms with E-state index in [9.17, 15) is 9.18 Å². The first-order chi connectivity index (χ1) is 9.97. The first-order valence-electron chi connectivity index (χ1n) is 6.10. The summed E-state index contributed by atoms with van der Waals surface area (Å²) in [6, 6.07) is 11.4. The number of hydrogen-bond donors (Lipinski definition) is 2. The highest BCUT2D eigenvalue weighted by molar-refractivity contribution is 9.10. The molecule has 0 aliphatic heterocycles. The lowest BCUT2D eigenvalue weighted by Gasteiger charge is -2.11. The number of nitrogens with two attached hydrogens (primary N) is 1. The lowest BCUT2D eigenvalue weighted by Crippen LogP contribution is -2.19. The van der Waals surface area contributed by atoms with Gasteiger partial charge in [-0.25, -0.2) is 4.39 Å². The molecule has 1 amide bonds. The van der Waals surface area contributed by atoms with Gasteiger partial charge in [0.2, 0.25) is 5.91 Å². The molecule has 0 atom stereocenters. The predicted octanol–water partition coefficient (Wildman–Crippen LogP) is 3.40. The largest absolute Gasteiger partial charge is 0.389 e. The molecule has 0 unspecified atom stereocenters. The van der Waals surface area contributed by atoms with Crippen LogP contribution in [0.5, 0.6) is 0 Å². The van der Waals surface area contributed by atoms with Crippen LogP contribution in [-0.4, -0.2) is 10.9 Å². The first kappa shape index (κ1) is 15.6. The van der Waals surface area contributed by atoms with Gasteiger partial charge in [-0.2, -0.15) is 0 Å². The molecule has 2 rings (SSSR count). The van der Waals surface area contributed by atoms with Gasteiger partial charge < -0.3 is 11.1 Å². The summed E-state index contributed by atoms with van der Waals surface area (Å²) in [5, 5.41) is 2.71. The van der Waals surface area contributed by atoms with Gasteiger partial charge in [-0.3, -0.25) is 4.79 Å². The van der Waals surface area contributed by atoms with Crippen molar-refractivity contribution in [3.8, 4) is 0 Å². The van der Waals surface area contributed by atoms with Gasteiger partial charge in [-0.05, 0) is 29.8 Å². The monoisotopic (exact) mass is 366 g/mol. The molecular weight excluding hydrogens is 355 g/mol. The quantitative estimate of drug-likeness (QED) is 0.815. The third-order valence-corrected chi connectivity index (χ3v) is 3.54. The van der Waals surface area contributed by atoms with Crippen LogP contribution in [0.4, 0.5) is 10.1 Å². The van der Waals surface area contributed by atoms with Gasteiger partial charge in [0, 0.05) is 10.0 Å². The Hall–Kier alpha value is -1.79. The SMILES string of the molecule is NC(=S)c1ccc(Br)cc1NC(=O)Cc1ccccc1F. The molecule has 3 N–H and O–H groups in total. The van der Waals surface area contributed by atoms with Crippen molar-refractivity contribution in [2.24, 2.45) is 5.73 Å². The highest BCUT2D eigenvalue weighted by Gasteiger charge is 2.12. The standard InChI is InChI=1S/C15H12BrFN2OS/c16-10-5-6-11(15(18)21)13(8-10)19-14(20)7-9-3-1-2-4-12(9)17/h1-6,8H,7H2,(H2,18,21)(H,19,20). The van der Waals surface area contributed by atoms with E-state index in [2.05, 4.69) is 21.2 Å². The van der Waals surface area contributed by atoms with E-state index >= 15 is 0 Å². The van der Waals surface area contributed by atoms with Crippen LogP contribution in [0.15, 0.2) is 46.9 Å². The zero-order valence-electron chi connectivity index (χ0n) is 10.9. The minimum atomic E-state index is -0.406. The Labute approximate surface area is 135 Å². The van der Waals surface area contributed by atoms with Gasteiger partial charge >= 0.3 is 0 Å². The average Bonchev–Trinajstić information content (AvgIpc) is 2.41. The van der Waals surface area contributed by atoms with Crippen LogP contribution >= 0.6 is 28.1 Å². The van der Waals surface area contributed by atoms with E-state index in [1.165, 1.54) is 6.07 Å². The molecule has 2 aromatic carbocycles. The van der Waals surface area contributed by atoms with Crippen molar-refractivity contribution < 1.29 is 9.18 Å². The smallest absolute Gasteiger partial charge is 0.228 e. The second-order valence-electron chi connectivity index (χ2n) is 4.37. The van der Waals surface area contributed by atoms with Crippen LogP contribution in [0.1, 0.15) is 11.1 Å². The van der Waals surface area contributed by atoms with Crippen molar-refractivity contribution in [1.82, 2.24) is 0 Å². The fourth-order valence-corrected chi connectivity index (χ4v) is 2.38. The van der Waals surface area contributed by atoms with E-state index in [0.29, 0.717) is 16.8 Å². The van der Waals surface area contributed by atoms with Crippen molar-refractivity contribution in [3.63, 3.8) is 0 Å². The number of halogens is 2. The number of anilines is 1. The molecule has 0 aromatic heterocycles. The van der Waals surface area contributed by atoms with Gasteiger partial charge in [0.1, 0.15) is 10.8 Å². The number of amides is 1. The molecule has 2 aromatic rings. The Bertz CT molecular complexity index is 706. The maximum atomic E-state index is 13.5. The van der Waals surface area contributed by atoms with E-state index in [0.717, 1.165) is 4.47 Å². The maximum Gasteiger partial charge on any atom is 0.228 e. The second kappa shape index (κ2) is 6.78. The molecule has 21 heavy (non-hydrogen) atoms. The Kier molecular flexibility index (Phi) is 5.03. The molecule has 0 fully saturated rings. The summed E-state index contributed by atoms with van der Waals surface area (Å²) >= 11 is 8.27. The molecule has 6 heteroatoms. The molecule has 0 heterocycles. The summed E-state index contributed by atoms with van der Waals surface area (Å²) in [5.41, 5.74) is 7.02. The van der Waals surface area contributed by atoms with Crippen LogP contribution in [0.25, 0.3) is 0 Å². The zero-order chi connectivity index (χ0) is 15.4. The molecule has 0 saturated heterocycles. The Morgan fingerprint density at radius 1 is 1.29 bits per heavy atom. The normalized spacial score (nSPS) is 10.2. The zero-order valence-corrected chi connectivity index (χ0v) is 13.3. The van der Waals surface area contributed by atoms with Crippen LogP contribution < -0.4 is 11.1 Å². The molecule has 0 bridgehead atoms. The number of benzene rings is 2. The van der Waals surface area contributed by atoms with Gasteiger partial charge in [0.15, 0.2) is 0 Å². The van der Waals surface area contributed by atoms with Crippen LogP contribution in [0, 0.1) is 5.82 Å². The summed E-state index contributed by atoms with van der Waals surface area (Å²) < 4.78 is 14.3. The Balaban J connectivity index is 2.18.